The van der Waals surface area contributed by atoms with Crippen molar-refractivity contribution in [3.05, 3.63) is 59.9 Å². The smallest absolute Gasteiger partial charge is 0.161 e. The number of fused-ring (bicyclic) bond motifs is 2. The Balaban J connectivity index is 1.63. The summed E-state index contributed by atoms with van der Waals surface area (Å²) in [4.78, 5) is 4.11. The first-order valence-electron chi connectivity index (χ1n) is 6.75. The molecule has 1 aliphatic rings. The summed E-state index contributed by atoms with van der Waals surface area (Å²) in [5, 5.41) is 0. The summed E-state index contributed by atoms with van der Waals surface area (Å²) < 4.78 is 34.2. The van der Waals surface area contributed by atoms with Gasteiger partial charge in [0.05, 0.1) is 23.9 Å². The van der Waals surface area contributed by atoms with Gasteiger partial charge in [0.1, 0.15) is 11.9 Å². The van der Waals surface area contributed by atoms with Crippen molar-refractivity contribution in [3.8, 4) is 5.75 Å². The highest BCUT2D eigenvalue weighted by molar-refractivity contribution is 5.75. The van der Waals surface area contributed by atoms with Crippen molar-refractivity contribution in [1.82, 2.24) is 9.55 Å². The van der Waals surface area contributed by atoms with E-state index in [0.717, 1.165) is 18.2 Å². The van der Waals surface area contributed by atoms with E-state index in [-0.39, 0.29) is 6.10 Å². The highest BCUT2D eigenvalue weighted by atomic mass is 19.2. The molecule has 0 bridgehead atoms. The summed E-state index contributed by atoms with van der Waals surface area (Å²) in [6.07, 6.45) is 2.38. The molecule has 0 aliphatic carbocycles. The van der Waals surface area contributed by atoms with Crippen molar-refractivity contribution in [2.75, 3.05) is 0 Å². The number of hydrogen-bond acceptors (Lipinski definition) is 2. The Hall–Kier alpha value is -2.43. The van der Waals surface area contributed by atoms with Crippen LogP contribution in [0.15, 0.2) is 42.7 Å². The second-order valence-electron chi connectivity index (χ2n) is 5.20. The molecule has 1 aliphatic heterocycles. The third-order valence-corrected chi connectivity index (χ3v) is 3.78. The highest BCUT2D eigenvalue weighted by Crippen LogP contribution is 2.29. The van der Waals surface area contributed by atoms with E-state index in [1.54, 1.807) is 10.9 Å². The molecule has 5 heteroatoms. The minimum Gasteiger partial charge on any atom is -0.488 e. The average Bonchev–Trinajstić information content (AvgIpc) is 3.04. The topological polar surface area (TPSA) is 27.1 Å². The van der Waals surface area contributed by atoms with E-state index in [1.165, 1.54) is 11.6 Å². The quantitative estimate of drug-likeness (QED) is 0.722. The molecule has 106 valence electrons. The Morgan fingerprint density at radius 1 is 1.19 bits per heavy atom. The van der Waals surface area contributed by atoms with Crippen molar-refractivity contribution in [3.63, 3.8) is 0 Å². The van der Waals surface area contributed by atoms with Crippen LogP contribution in [0.5, 0.6) is 5.75 Å². The molecule has 4 rings (SSSR count). The maximum absolute atomic E-state index is 13.4. The lowest BCUT2D eigenvalue weighted by atomic mass is 10.1. The van der Waals surface area contributed by atoms with E-state index in [4.69, 9.17) is 4.74 Å². The van der Waals surface area contributed by atoms with Crippen LogP contribution in [-0.4, -0.2) is 15.7 Å². The van der Waals surface area contributed by atoms with Gasteiger partial charge in [0, 0.05) is 18.6 Å². The van der Waals surface area contributed by atoms with E-state index in [9.17, 15) is 8.78 Å². The Morgan fingerprint density at radius 3 is 2.86 bits per heavy atom. The molecule has 0 amide bonds. The van der Waals surface area contributed by atoms with Gasteiger partial charge in [0.2, 0.25) is 0 Å². The van der Waals surface area contributed by atoms with Crippen LogP contribution in [-0.2, 0) is 13.0 Å². The van der Waals surface area contributed by atoms with Crippen LogP contribution in [0.25, 0.3) is 11.0 Å². The summed E-state index contributed by atoms with van der Waals surface area (Å²) in [6, 6.07) is 10.2. The summed E-state index contributed by atoms with van der Waals surface area (Å²) >= 11 is 0. The summed E-state index contributed by atoms with van der Waals surface area (Å²) in [5.41, 5.74) is 2.20. The molecule has 0 radical (unpaired) electrons. The maximum atomic E-state index is 13.4. The van der Waals surface area contributed by atoms with Crippen LogP contribution >= 0.6 is 0 Å². The Morgan fingerprint density at radius 2 is 2.00 bits per heavy atom. The minimum absolute atomic E-state index is 0.0204. The number of rotatable bonds is 2. The number of ether oxygens (including phenoxy) is 1. The summed E-state index contributed by atoms with van der Waals surface area (Å²) in [5.74, 6) is -0.846. The van der Waals surface area contributed by atoms with Gasteiger partial charge in [-0.3, -0.25) is 0 Å². The van der Waals surface area contributed by atoms with E-state index in [2.05, 4.69) is 4.98 Å². The molecular formula is C16H12F2N2O. The normalized spacial score (nSPS) is 17.0. The lowest BCUT2D eigenvalue weighted by molar-refractivity contribution is 0.211. The Kier molecular flexibility index (Phi) is 2.67. The predicted molar refractivity (Wildman–Crippen MR) is 74.2 cm³/mol. The van der Waals surface area contributed by atoms with Crippen molar-refractivity contribution < 1.29 is 13.5 Å². The Labute approximate surface area is 119 Å². The van der Waals surface area contributed by atoms with Gasteiger partial charge in [0.25, 0.3) is 0 Å². The van der Waals surface area contributed by atoms with Crippen LogP contribution in [0, 0.1) is 11.6 Å². The fourth-order valence-electron chi connectivity index (χ4n) is 2.77. The van der Waals surface area contributed by atoms with Crippen LogP contribution in [0.1, 0.15) is 5.56 Å². The van der Waals surface area contributed by atoms with E-state index in [0.29, 0.717) is 17.6 Å². The second-order valence-corrected chi connectivity index (χ2v) is 5.20. The molecule has 1 aromatic heterocycles. The monoisotopic (exact) mass is 286 g/mol. The molecule has 3 aromatic rings. The van der Waals surface area contributed by atoms with Gasteiger partial charge in [-0.25, -0.2) is 13.8 Å². The first-order chi connectivity index (χ1) is 10.2. The fraction of sp³-hybridized carbons (Fsp3) is 0.188. The molecule has 0 saturated carbocycles. The highest BCUT2D eigenvalue weighted by Gasteiger charge is 2.23. The summed E-state index contributed by atoms with van der Waals surface area (Å²) in [6.45, 7) is 0.552. The molecule has 3 nitrogen and oxygen atoms in total. The fourth-order valence-corrected chi connectivity index (χ4v) is 2.77. The minimum atomic E-state index is -0.878. The number of nitrogens with zero attached hydrogens (tertiary/aromatic N) is 2. The molecule has 0 fully saturated rings. The first-order valence-corrected chi connectivity index (χ1v) is 6.75. The zero-order valence-electron chi connectivity index (χ0n) is 11.1. The van der Waals surface area contributed by atoms with Gasteiger partial charge >= 0.3 is 0 Å². The third kappa shape index (κ3) is 2.05. The first kappa shape index (κ1) is 12.3. The SMILES string of the molecule is Fc1cc2ncn(CC3Cc4ccccc4O3)c2cc1F. The number of para-hydroxylation sites is 1. The molecular weight excluding hydrogens is 274 g/mol. The standard InChI is InChI=1S/C16H12F2N2O/c17-12-6-14-15(7-13(12)18)20(9-19-14)8-11-5-10-3-1-2-4-16(10)21-11/h1-4,6-7,9,11H,5,8H2. The Bertz CT molecular complexity index is 803. The molecule has 0 spiro atoms. The molecule has 2 aromatic carbocycles. The average molecular weight is 286 g/mol. The largest absolute Gasteiger partial charge is 0.488 e. The molecule has 1 unspecified atom stereocenters. The van der Waals surface area contributed by atoms with E-state index >= 15 is 0 Å². The summed E-state index contributed by atoms with van der Waals surface area (Å²) in [7, 11) is 0. The number of imidazole rings is 1. The molecule has 0 saturated heterocycles. The van der Waals surface area contributed by atoms with Gasteiger partial charge in [-0.1, -0.05) is 18.2 Å². The van der Waals surface area contributed by atoms with Crippen molar-refractivity contribution in [2.24, 2.45) is 0 Å². The molecule has 1 atom stereocenters. The van der Waals surface area contributed by atoms with Crippen LogP contribution < -0.4 is 4.74 Å². The number of halogens is 2. The van der Waals surface area contributed by atoms with Gasteiger partial charge in [-0.05, 0) is 11.6 Å². The van der Waals surface area contributed by atoms with Crippen LogP contribution in [0.3, 0.4) is 0 Å². The predicted octanol–water partition coefficient (Wildman–Crippen LogP) is 3.32. The number of benzene rings is 2. The van der Waals surface area contributed by atoms with Crippen LogP contribution in [0.4, 0.5) is 8.78 Å². The van der Waals surface area contributed by atoms with Gasteiger partial charge in [0.15, 0.2) is 11.6 Å². The van der Waals surface area contributed by atoms with Crippen molar-refractivity contribution in [2.45, 2.75) is 19.1 Å². The molecule has 2 heterocycles. The van der Waals surface area contributed by atoms with Crippen molar-refractivity contribution in [1.29, 1.82) is 0 Å². The molecule has 21 heavy (non-hydrogen) atoms. The van der Waals surface area contributed by atoms with Crippen LogP contribution in [0.2, 0.25) is 0 Å². The zero-order chi connectivity index (χ0) is 14.4. The lowest BCUT2D eigenvalue weighted by Gasteiger charge is -2.12. The van der Waals surface area contributed by atoms with Crippen molar-refractivity contribution >= 4 is 11.0 Å². The van der Waals surface area contributed by atoms with Gasteiger partial charge in [-0.15, -0.1) is 0 Å². The second kappa shape index (κ2) is 4.55. The van der Waals surface area contributed by atoms with E-state index in [1.807, 2.05) is 24.3 Å². The lowest BCUT2D eigenvalue weighted by Crippen LogP contribution is -2.20. The van der Waals surface area contributed by atoms with Gasteiger partial charge < -0.3 is 9.30 Å². The third-order valence-electron chi connectivity index (χ3n) is 3.78. The maximum Gasteiger partial charge on any atom is 0.161 e. The number of hydrogen-bond donors (Lipinski definition) is 0. The zero-order valence-corrected chi connectivity index (χ0v) is 11.1. The number of aromatic nitrogens is 2. The van der Waals surface area contributed by atoms with Gasteiger partial charge in [-0.2, -0.15) is 0 Å². The molecule has 0 N–H and O–H groups in total. The van der Waals surface area contributed by atoms with E-state index < -0.39 is 11.6 Å².